The van der Waals surface area contributed by atoms with E-state index in [-0.39, 0.29) is 0 Å². The Labute approximate surface area is 135 Å². The molecule has 2 aromatic carbocycles. The summed E-state index contributed by atoms with van der Waals surface area (Å²) in [5, 5.41) is 21.1. The number of rotatable bonds is 6. The standard InChI is InChI=1S/C19H20O4/c1-3-5-12-16(20)10(8-14-18(12)22-14)7-11-9-15-19(23-15)13(6-4-2)17(11)21/h8-9,20-21H,3-7H2,1-2H3. The Bertz CT molecular complexity index is 740. The van der Waals surface area contributed by atoms with Crippen LogP contribution in [0.4, 0.5) is 0 Å². The highest BCUT2D eigenvalue weighted by Gasteiger charge is 2.32. The number of phenolic OH excluding ortho intramolecular Hbond substituents is 2. The quantitative estimate of drug-likeness (QED) is 0.502. The number of phenols is 2. The van der Waals surface area contributed by atoms with E-state index in [1.54, 1.807) is 0 Å². The molecule has 120 valence electrons. The van der Waals surface area contributed by atoms with E-state index in [2.05, 4.69) is 13.8 Å². The summed E-state index contributed by atoms with van der Waals surface area (Å²) >= 11 is 0. The third-order valence-electron chi connectivity index (χ3n) is 4.51. The summed E-state index contributed by atoms with van der Waals surface area (Å²) in [7, 11) is 0. The van der Waals surface area contributed by atoms with Gasteiger partial charge in [0.1, 0.15) is 11.5 Å². The van der Waals surface area contributed by atoms with E-state index in [4.69, 9.17) is 9.47 Å². The third kappa shape index (κ3) is 2.29. The molecular formula is C19H20O4. The number of hydrogen-bond acceptors (Lipinski definition) is 4. The fraction of sp³-hybridized carbons (Fsp3) is 0.368. The van der Waals surface area contributed by atoms with Gasteiger partial charge in [-0.2, -0.15) is 0 Å². The first-order chi connectivity index (χ1) is 11.1. The molecule has 4 heteroatoms. The molecule has 2 aliphatic rings. The minimum absolute atomic E-state index is 0.297. The van der Waals surface area contributed by atoms with E-state index in [1.807, 2.05) is 12.1 Å². The number of hydrogen-bond donors (Lipinski definition) is 2. The Hall–Kier alpha value is -2.36. The summed E-state index contributed by atoms with van der Waals surface area (Å²) in [5.41, 5.74) is 3.36. The molecule has 0 aliphatic carbocycles. The maximum atomic E-state index is 10.5. The summed E-state index contributed by atoms with van der Waals surface area (Å²) in [4.78, 5) is 0. The smallest absolute Gasteiger partial charge is 0.177 e. The molecule has 0 atom stereocenters. The highest BCUT2D eigenvalue weighted by molar-refractivity contribution is 5.70. The largest absolute Gasteiger partial charge is 0.507 e. The number of ether oxygens (including phenoxy) is 2. The van der Waals surface area contributed by atoms with E-state index in [0.29, 0.717) is 17.9 Å². The minimum atomic E-state index is 0.297. The predicted molar refractivity (Wildman–Crippen MR) is 87.2 cm³/mol. The molecule has 0 fully saturated rings. The van der Waals surface area contributed by atoms with Crippen LogP contribution in [0.3, 0.4) is 0 Å². The van der Waals surface area contributed by atoms with Crippen LogP contribution in [-0.2, 0) is 19.3 Å². The molecule has 0 radical (unpaired) electrons. The van der Waals surface area contributed by atoms with Gasteiger partial charge in [-0.1, -0.05) is 26.7 Å². The highest BCUT2D eigenvalue weighted by Crippen LogP contribution is 2.56. The second-order valence-corrected chi connectivity index (χ2v) is 6.26. The Morgan fingerprint density at radius 2 is 1.22 bits per heavy atom. The van der Waals surface area contributed by atoms with E-state index >= 15 is 0 Å². The second-order valence-electron chi connectivity index (χ2n) is 6.26. The van der Waals surface area contributed by atoms with Crippen LogP contribution < -0.4 is 9.47 Å². The molecule has 2 heterocycles. The van der Waals surface area contributed by atoms with Gasteiger partial charge >= 0.3 is 0 Å². The lowest BCUT2D eigenvalue weighted by Gasteiger charge is -2.09. The topological polar surface area (TPSA) is 65.5 Å². The first-order valence-corrected chi connectivity index (χ1v) is 8.25. The van der Waals surface area contributed by atoms with Gasteiger partial charge in [-0.3, -0.25) is 0 Å². The van der Waals surface area contributed by atoms with Gasteiger partial charge in [0.2, 0.25) is 0 Å². The Morgan fingerprint density at radius 1 is 0.783 bits per heavy atom. The maximum absolute atomic E-state index is 10.5. The van der Waals surface area contributed by atoms with Gasteiger partial charge in [0, 0.05) is 28.7 Å². The molecular weight excluding hydrogens is 292 g/mol. The van der Waals surface area contributed by atoms with E-state index < -0.39 is 0 Å². The molecule has 0 saturated heterocycles. The van der Waals surface area contributed by atoms with Crippen molar-refractivity contribution in [1.82, 2.24) is 0 Å². The van der Waals surface area contributed by atoms with Crippen LogP contribution in [0.2, 0.25) is 0 Å². The molecule has 4 nitrogen and oxygen atoms in total. The average molecular weight is 312 g/mol. The zero-order chi connectivity index (χ0) is 16.1. The van der Waals surface area contributed by atoms with Crippen molar-refractivity contribution in [3.63, 3.8) is 0 Å². The second kappa shape index (κ2) is 5.08. The van der Waals surface area contributed by atoms with Crippen molar-refractivity contribution in [2.75, 3.05) is 0 Å². The summed E-state index contributed by atoms with van der Waals surface area (Å²) in [6, 6.07) is 3.74. The lowest BCUT2D eigenvalue weighted by Crippen LogP contribution is -1.93. The Balaban J connectivity index is 1.71. The number of benzene rings is 2. The summed E-state index contributed by atoms with van der Waals surface area (Å²) in [6.07, 6.45) is 3.96. The van der Waals surface area contributed by atoms with Crippen molar-refractivity contribution in [3.8, 4) is 34.5 Å². The lowest BCUT2D eigenvalue weighted by molar-refractivity contribution is 0.455. The van der Waals surface area contributed by atoms with E-state index in [1.165, 1.54) is 0 Å². The molecule has 0 saturated carbocycles. The predicted octanol–water partition coefficient (Wildman–Crippen LogP) is 4.81. The lowest BCUT2D eigenvalue weighted by atomic mass is 9.96. The third-order valence-corrected chi connectivity index (χ3v) is 4.51. The van der Waals surface area contributed by atoms with Crippen molar-refractivity contribution in [3.05, 3.63) is 34.4 Å². The molecule has 2 N–H and O–H groups in total. The zero-order valence-corrected chi connectivity index (χ0v) is 13.4. The van der Waals surface area contributed by atoms with Crippen LogP contribution >= 0.6 is 0 Å². The molecule has 2 aromatic rings. The number of fused-ring (bicyclic) bond motifs is 2. The summed E-state index contributed by atoms with van der Waals surface area (Å²) in [5.74, 6) is 3.94. The molecule has 2 aliphatic heterocycles. The molecule has 23 heavy (non-hydrogen) atoms. The zero-order valence-electron chi connectivity index (χ0n) is 13.4. The molecule has 4 rings (SSSR count). The first kappa shape index (κ1) is 14.2. The van der Waals surface area contributed by atoms with Crippen molar-refractivity contribution in [1.29, 1.82) is 0 Å². The van der Waals surface area contributed by atoms with Crippen LogP contribution in [-0.4, -0.2) is 10.2 Å². The van der Waals surface area contributed by atoms with Crippen molar-refractivity contribution >= 4 is 0 Å². The number of aromatic hydroxyl groups is 2. The SMILES string of the molecule is CCCc1c(O)c(Cc2cc3c(c(CCC)c2O)O3)cc2c1O2. The van der Waals surface area contributed by atoms with Crippen molar-refractivity contribution < 1.29 is 19.7 Å². The Morgan fingerprint density at radius 3 is 1.61 bits per heavy atom. The molecule has 0 bridgehead atoms. The minimum Gasteiger partial charge on any atom is -0.507 e. The van der Waals surface area contributed by atoms with Gasteiger partial charge in [0.15, 0.2) is 23.0 Å². The van der Waals surface area contributed by atoms with Crippen LogP contribution in [0.1, 0.15) is 48.9 Å². The fourth-order valence-electron chi connectivity index (χ4n) is 3.27. The highest BCUT2D eigenvalue weighted by atomic mass is 16.6. The van der Waals surface area contributed by atoms with Gasteiger partial charge in [0.05, 0.1) is 0 Å². The molecule has 0 unspecified atom stereocenters. The molecule has 0 amide bonds. The van der Waals surface area contributed by atoms with Crippen LogP contribution in [0, 0.1) is 0 Å². The van der Waals surface area contributed by atoms with E-state index in [0.717, 1.165) is 70.9 Å². The van der Waals surface area contributed by atoms with Gasteiger partial charge < -0.3 is 19.7 Å². The normalized spacial score (nSPS) is 13.0. The first-order valence-electron chi connectivity index (χ1n) is 8.25. The maximum Gasteiger partial charge on any atom is 0.177 e. The average Bonchev–Trinajstić information content (AvgIpc) is 3.42. The van der Waals surface area contributed by atoms with Crippen LogP contribution in [0.25, 0.3) is 0 Å². The summed E-state index contributed by atoms with van der Waals surface area (Å²) in [6.45, 7) is 4.16. The van der Waals surface area contributed by atoms with Crippen molar-refractivity contribution in [2.24, 2.45) is 0 Å². The fourth-order valence-corrected chi connectivity index (χ4v) is 3.27. The summed E-state index contributed by atoms with van der Waals surface area (Å²) < 4.78 is 10.9. The molecule has 0 spiro atoms. The Kier molecular flexibility index (Phi) is 3.15. The van der Waals surface area contributed by atoms with Crippen LogP contribution in [0.5, 0.6) is 34.5 Å². The van der Waals surface area contributed by atoms with Crippen LogP contribution in [0.15, 0.2) is 12.1 Å². The van der Waals surface area contributed by atoms with Gasteiger partial charge in [-0.15, -0.1) is 0 Å². The van der Waals surface area contributed by atoms with E-state index in [9.17, 15) is 10.2 Å². The van der Waals surface area contributed by atoms with Crippen molar-refractivity contribution in [2.45, 2.75) is 46.0 Å². The van der Waals surface area contributed by atoms with Gasteiger partial charge in [0.25, 0.3) is 0 Å². The van der Waals surface area contributed by atoms with Gasteiger partial charge in [-0.25, -0.2) is 0 Å². The van der Waals surface area contributed by atoms with Gasteiger partial charge in [-0.05, 0) is 25.0 Å². The monoisotopic (exact) mass is 312 g/mol. The molecule has 0 aromatic heterocycles.